The van der Waals surface area contributed by atoms with Crippen molar-refractivity contribution < 1.29 is 10.0 Å². The Morgan fingerprint density at radius 1 is 1.47 bits per heavy atom. The lowest BCUT2D eigenvalue weighted by Gasteiger charge is -2.13. The van der Waals surface area contributed by atoms with Crippen LogP contribution >= 0.6 is 0 Å². The first-order valence-electron chi connectivity index (χ1n) is 6.75. The summed E-state index contributed by atoms with van der Waals surface area (Å²) >= 11 is 0. The summed E-state index contributed by atoms with van der Waals surface area (Å²) in [5.74, 6) is 0.359. The summed E-state index contributed by atoms with van der Waals surface area (Å²) < 4.78 is 1.66. The molecule has 0 aliphatic carbocycles. The quantitative estimate of drug-likeness (QED) is 0.609. The first-order chi connectivity index (χ1) is 8.86. The van der Waals surface area contributed by atoms with Gasteiger partial charge in [0.1, 0.15) is 11.4 Å². The van der Waals surface area contributed by atoms with Gasteiger partial charge in [-0.25, -0.2) is 0 Å². The van der Waals surface area contributed by atoms with E-state index in [4.69, 9.17) is 0 Å². The van der Waals surface area contributed by atoms with E-state index in [9.17, 15) is 15.2 Å². The van der Waals surface area contributed by atoms with Crippen molar-refractivity contribution in [1.82, 2.24) is 9.78 Å². The number of aliphatic hydroxyl groups excluding tert-OH is 1. The van der Waals surface area contributed by atoms with Crippen LogP contribution in [-0.4, -0.2) is 25.9 Å². The van der Waals surface area contributed by atoms with Gasteiger partial charge < -0.3 is 5.11 Å². The Hall–Kier alpha value is -1.43. The first kappa shape index (κ1) is 15.6. The van der Waals surface area contributed by atoms with Gasteiger partial charge >= 0.3 is 5.69 Å². The van der Waals surface area contributed by atoms with Crippen LogP contribution < -0.4 is 0 Å². The number of nitrogens with zero attached hydrogens (tertiary/aromatic N) is 3. The molecule has 1 unspecified atom stereocenters. The Labute approximate surface area is 113 Å². The third kappa shape index (κ3) is 4.02. The molecule has 6 heteroatoms. The molecule has 0 amide bonds. The number of hydrogen-bond acceptors (Lipinski definition) is 4. The van der Waals surface area contributed by atoms with Gasteiger partial charge in [-0.15, -0.1) is 0 Å². The van der Waals surface area contributed by atoms with Gasteiger partial charge in [-0.05, 0) is 25.7 Å². The second kappa shape index (κ2) is 6.65. The minimum atomic E-state index is -0.564. The maximum Gasteiger partial charge on any atom is 0.313 e. The van der Waals surface area contributed by atoms with Crippen molar-refractivity contribution in [1.29, 1.82) is 0 Å². The molecular weight excluding hydrogens is 246 g/mol. The van der Waals surface area contributed by atoms with Crippen LogP contribution in [0.2, 0.25) is 0 Å². The Morgan fingerprint density at radius 3 is 2.58 bits per heavy atom. The lowest BCUT2D eigenvalue weighted by Crippen LogP contribution is -2.17. The van der Waals surface area contributed by atoms with Gasteiger partial charge in [0.15, 0.2) is 0 Å². The van der Waals surface area contributed by atoms with E-state index in [1.54, 1.807) is 11.6 Å². The fourth-order valence-corrected chi connectivity index (χ4v) is 2.31. The summed E-state index contributed by atoms with van der Waals surface area (Å²) in [7, 11) is 0. The summed E-state index contributed by atoms with van der Waals surface area (Å²) in [5.41, 5.74) is 1.01. The predicted molar refractivity (Wildman–Crippen MR) is 73.1 cm³/mol. The molecule has 0 radical (unpaired) electrons. The highest BCUT2D eigenvalue weighted by Gasteiger charge is 2.26. The number of rotatable bonds is 7. The average molecular weight is 269 g/mol. The molecule has 0 saturated heterocycles. The van der Waals surface area contributed by atoms with Gasteiger partial charge in [-0.3, -0.25) is 14.8 Å². The largest absolute Gasteiger partial charge is 0.393 e. The molecule has 0 aromatic carbocycles. The third-order valence-electron chi connectivity index (χ3n) is 2.99. The van der Waals surface area contributed by atoms with E-state index in [0.29, 0.717) is 30.3 Å². The van der Waals surface area contributed by atoms with Crippen LogP contribution in [0.1, 0.15) is 45.0 Å². The van der Waals surface area contributed by atoms with Crippen molar-refractivity contribution in [2.24, 2.45) is 5.92 Å². The third-order valence-corrected chi connectivity index (χ3v) is 2.99. The summed E-state index contributed by atoms with van der Waals surface area (Å²) in [4.78, 5) is 10.7. The van der Waals surface area contributed by atoms with E-state index in [0.717, 1.165) is 6.42 Å². The van der Waals surface area contributed by atoms with Gasteiger partial charge in [-0.2, -0.15) is 5.10 Å². The molecule has 1 aromatic heterocycles. The monoisotopic (exact) mass is 269 g/mol. The standard InChI is InChI=1S/C13H23N3O3/c1-5-6-15-12(8-11(17)7-9(2)3)13(16(18)19)10(4)14-15/h9,11,17H,5-8H2,1-4H3. The molecule has 1 heterocycles. The van der Waals surface area contributed by atoms with E-state index in [-0.39, 0.29) is 12.1 Å². The fraction of sp³-hybridized carbons (Fsp3) is 0.769. The maximum atomic E-state index is 11.1. The number of nitro groups is 1. The number of hydrogen-bond donors (Lipinski definition) is 1. The molecule has 0 aliphatic rings. The van der Waals surface area contributed by atoms with Gasteiger partial charge in [0, 0.05) is 13.0 Å². The summed E-state index contributed by atoms with van der Waals surface area (Å²) in [5, 5.41) is 25.4. The topological polar surface area (TPSA) is 81.2 Å². The molecular formula is C13H23N3O3. The summed E-state index contributed by atoms with van der Waals surface area (Å²) in [6, 6.07) is 0. The van der Waals surface area contributed by atoms with Crippen molar-refractivity contribution >= 4 is 5.69 Å². The molecule has 1 aromatic rings. The minimum absolute atomic E-state index is 0.0521. The Balaban J connectivity index is 3.04. The highest BCUT2D eigenvalue weighted by Crippen LogP contribution is 2.25. The SMILES string of the molecule is CCCn1nc(C)c([N+](=O)[O-])c1CC(O)CC(C)C. The molecule has 1 atom stereocenters. The van der Waals surface area contributed by atoms with E-state index in [2.05, 4.69) is 5.10 Å². The second-order valence-corrected chi connectivity index (χ2v) is 5.35. The van der Waals surface area contributed by atoms with Gasteiger partial charge in [0.05, 0.1) is 11.0 Å². The van der Waals surface area contributed by atoms with Crippen LogP contribution in [0.15, 0.2) is 0 Å². The predicted octanol–water partition coefficient (Wildman–Crippen LogP) is 2.46. The number of aryl methyl sites for hydroxylation is 2. The molecule has 1 rings (SSSR count). The van der Waals surface area contributed by atoms with Gasteiger partial charge in [0.2, 0.25) is 0 Å². The fourth-order valence-electron chi connectivity index (χ4n) is 2.31. The zero-order valence-corrected chi connectivity index (χ0v) is 12.1. The average Bonchev–Trinajstić information content (AvgIpc) is 2.54. The Kier molecular flexibility index (Phi) is 5.47. The van der Waals surface area contributed by atoms with Crippen LogP contribution in [-0.2, 0) is 13.0 Å². The van der Waals surface area contributed by atoms with E-state index < -0.39 is 11.0 Å². The van der Waals surface area contributed by atoms with E-state index in [1.165, 1.54) is 0 Å². The zero-order valence-electron chi connectivity index (χ0n) is 12.1. The highest BCUT2D eigenvalue weighted by molar-refractivity contribution is 5.40. The molecule has 108 valence electrons. The molecule has 19 heavy (non-hydrogen) atoms. The second-order valence-electron chi connectivity index (χ2n) is 5.35. The van der Waals surface area contributed by atoms with Crippen molar-refractivity contribution in [2.75, 3.05) is 0 Å². The van der Waals surface area contributed by atoms with Gasteiger partial charge in [0.25, 0.3) is 0 Å². The molecule has 0 spiro atoms. The molecule has 6 nitrogen and oxygen atoms in total. The van der Waals surface area contributed by atoms with Crippen LogP contribution in [0, 0.1) is 23.0 Å². The van der Waals surface area contributed by atoms with Crippen LogP contribution in [0.4, 0.5) is 5.69 Å². The smallest absolute Gasteiger partial charge is 0.313 e. The van der Waals surface area contributed by atoms with Crippen LogP contribution in [0.3, 0.4) is 0 Å². The number of aromatic nitrogens is 2. The molecule has 0 aliphatic heterocycles. The lowest BCUT2D eigenvalue weighted by atomic mass is 10.0. The summed E-state index contributed by atoms with van der Waals surface area (Å²) in [6.07, 6.45) is 1.21. The van der Waals surface area contributed by atoms with Crippen molar-refractivity contribution in [3.8, 4) is 0 Å². The lowest BCUT2D eigenvalue weighted by molar-refractivity contribution is -0.386. The van der Waals surface area contributed by atoms with E-state index in [1.807, 2.05) is 20.8 Å². The Morgan fingerprint density at radius 2 is 2.11 bits per heavy atom. The maximum absolute atomic E-state index is 11.1. The van der Waals surface area contributed by atoms with Crippen molar-refractivity contribution in [3.63, 3.8) is 0 Å². The van der Waals surface area contributed by atoms with Gasteiger partial charge in [-0.1, -0.05) is 20.8 Å². The van der Waals surface area contributed by atoms with Crippen LogP contribution in [0.5, 0.6) is 0 Å². The molecule has 0 saturated carbocycles. The molecule has 1 N–H and O–H groups in total. The highest BCUT2D eigenvalue weighted by atomic mass is 16.6. The van der Waals surface area contributed by atoms with E-state index >= 15 is 0 Å². The van der Waals surface area contributed by atoms with Crippen LogP contribution in [0.25, 0.3) is 0 Å². The zero-order chi connectivity index (χ0) is 14.6. The number of aliphatic hydroxyl groups is 1. The molecule has 0 bridgehead atoms. The van der Waals surface area contributed by atoms with Crippen molar-refractivity contribution in [2.45, 2.75) is 59.6 Å². The molecule has 0 fully saturated rings. The summed E-state index contributed by atoms with van der Waals surface area (Å²) in [6.45, 7) is 8.32. The normalized spacial score (nSPS) is 12.9. The minimum Gasteiger partial charge on any atom is -0.393 e. The van der Waals surface area contributed by atoms with Crippen molar-refractivity contribution in [3.05, 3.63) is 21.5 Å². The Bertz CT molecular complexity index is 441. The first-order valence-corrected chi connectivity index (χ1v) is 6.75.